The smallest absolute Gasteiger partial charge is 0.264 e. The van der Waals surface area contributed by atoms with Crippen LogP contribution in [0, 0.1) is 0 Å². The van der Waals surface area contributed by atoms with Crippen LogP contribution < -0.4 is 0 Å². The van der Waals surface area contributed by atoms with Crippen LogP contribution in [0.15, 0.2) is 60.8 Å². The van der Waals surface area contributed by atoms with Gasteiger partial charge in [0.15, 0.2) is 11.5 Å². The van der Waals surface area contributed by atoms with Crippen LogP contribution in [0.4, 0.5) is 0 Å². The van der Waals surface area contributed by atoms with Crippen molar-refractivity contribution in [2.45, 2.75) is 6.42 Å². The topological polar surface area (TPSA) is 114 Å². The molecule has 4 aromatic heterocycles. The van der Waals surface area contributed by atoms with Crippen LogP contribution in [0.2, 0.25) is 0 Å². The van der Waals surface area contributed by atoms with E-state index in [1.807, 2.05) is 42.5 Å². The number of sulfonamides is 1. The van der Waals surface area contributed by atoms with Crippen LogP contribution in [0.25, 0.3) is 27.1 Å². The van der Waals surface area contributed by atoms with Gasteiger partial charge in [-0.3, -0.25) is 9.78 Å². The normalized spacial score (nSPS) is 15.0. The van der Waals surface area contributed by atoms with E-state index in [9.17, 15) is 13.2 Å². The first-order chi connectivity index (χ1) is 17.8. The maximum Gasteiger partial charge on any atom is 0.264 e. The fourth-order valence-electron chi connectivity index (χ4n) is 4.46. The number of nitrogens with zero attached hydrogens (tertiary/aromatic N) is 7. The molecule has 37 heavy (non-hydrogen) atoms. The van der Waals surface area contributed by atoms with E-state index >= 15 is 0 Å². The third-order valence-corrected chi connectivity index (χ3v) is 8.82. The second-order valence-corrected chi connectivity index (χ2v) is 12.0. The van der Waals surface area contributed by atoms with Crippen LogP contribution in [0.5, 0.6) is 0 Å². The van der Waals surface area contributed by atoms with E-state index < -0.39 is 10.0 Å². The second-order valence-electron chi connectivity index (χ2n) is 8.93. The molecule has 1 aliphatic rings. The predicted octanol–water partition coefficient (Wildman–Crippen LogP) is 2.71. The monoisotopic (exact) mass is 533 g/mol. The lowest BCUT2D eigenvalue weighted by Gasteiger charge is -2.32. The largest absolute Gasteiger partial charge is 0.335 e. The number of carbonyl (C=O) groups excluding carboxylic acids is 1. The number of rotatable bonds is 5. The number of hydrogen-bond acceptors (Lipinski definition) is 8. The molecule has 0 atom stereocenters. The van der Waals surface area contributed by atoms with E-state index in [4.69, 9.17) is 5.10 Å². The third-order valence-electron chi connectivity index (χ3n) is 6.42. The van der Waals surface area contributed by atoms with Gasteiger partial charge in [0, 0.05) is 44.2 Å². The van der Waals surface area contributed by atoms with Crippen molar-refractivity contribution in [2.75, 3.05) is 32.4 Å². The van der Waals surface area contributed by atoms with Crippen molar-refractivity contribution in [3.05, 3.63) is 77.1 Å². The van der Waals surface area contributed by atoms with Crippen molar-refractivity contribution in [2.24, 2.45) is 0 Å². The van der Waals surface area contributed by atoms with Crippen LogP contribution in [-0.2, 0) is 16.4 Å². The van der Waals surface area contributed by atoms with Gasteiger partial charge in [0.25, 0.3) is 5.91 Å². The zero-order valence-electron chi connectivity index (χ0n) is 20.0. The number of pyridine rings is 1. The molecule has 10 nitrogen and oxygen atoms in total. The summed E-state index contributed by atoms with van der Waals surface area (Å²) < 4.78 is 26.6. The number of carbonyl (C=O) groups is 1. The fraction of sp³-hybridized carbons (Fsp3) is 0.240. The van der Waals surface area contributed by atoms with Gasteiger partial charge < -0.3 is 4.90 Å². The summed E-state index contributed by atoms with van der Waals surface area (Å²) in [6.07, 6.45) is 3.54. The number of benzene rings is 1. The number of amides is 1. The molecule has 0 radical (unpaired) electrons. The van der Waals surface area contributed by atoms with Gasteiger partial charge in [0.05, 0.1) is 21.5 Å². The van der Waals surface area contributed by atoms with Crippen molar-refractivity contribution < 1.29 is 13.2 Å². The number of fused-ring (bicyclic) bond motifs is 2. The van der Waals surface area contributed by atoms with Gasteiger partial charge in [-0.05, 0) is 48.0 Å². The molecule has 6 rings (SSSR count). The van der Waals surface area contributed by atoms with Crippen molar-refractivity contribution in [1.82, 2.24) is 34.0 Å². The number of thiophene rings is 1. The first-order valence-electron chi connectivity index (χ1n) is 11.7. The Balaban J connectivity index is 1.22. The standard InChI is InChI=1S/C25H23N7O3S2/c1-37(34,35)31-13-11-30(12-14-31)25(33)22-8-7-21(36-22)20-6-9-23-27-28-24(32(23)29-20)16-17-4-5-19-18(15-17)3-2-10-26-19/h2-10,15H,11-14,16H2,1H3. The maximum atomic E-state index is 13.0. The Morgan fingerprint density at radius 1 is 1.00 bits per heavy atom. The molecule has 1 aliphatic heterocycles. The Morgan fingerprint density at radius 2 is 1.84 bits per heavy atom. The summed E-state index contributed by atoms with van der Waals surface area (Å²) in [6.45, 7) is 1.37. The van der Waals surface area contributed by atoms with Crippen LogP contribution in [-0.4, -0.2) is 80.8 Å². The highest BCUT2D eigenvalue weighted by atomic mass is 32.2. The first-order valence-corrected chi connectivity index (χ1v) is 14.4. The molecule has 0 spiro atoms. The summed E-state index contributed by atoms with van der Waals surface area (Å²) in [5, 5.41) is 14.5. The van der Waals surface area contributed by atoms with Crippen molar-refractivity contribution in [1.29, 1.82) is 0 Å². The number of piperazine rings is 1. The molecule has 1 saturated heterocycles. The minimum Gasteiger partial charge on any atom is -0.335 e. The summed E-state index contributed by atoms with van der Waals surface area (Å²) in [6, 6.07) is 17.5. The Morgan fingerprint density at radius 3 is 2.65 bits per heavy atom. The summed E-state index contributed by atoms with van der Waals surface area (Å²) >= 11 is 1.37. The highest BCUT2D eigenvalue weighted by molar-refractivity contribution is 7.88. The summed E-state index contributed by atoms with van der Waals surface area (Å²) in [7, 11) is -3.24. The SMILES string of the molecule is CS(=O)(=O)N1CCN(C(=O)c2ccc(-c3ccc4nnc(Cc5ccc6ncccc6c5)n4n3)s2)CC1. The van der Waals surface area contributed by atoms with Crippen LogP contribution in [0.3, 0.4) is 0 Å². The molecule has 1 aromatic carbocycles. The zero-order chi connectivity index (χ0) is 25.6. The Hall–Kier alpha value is -3.74. The van der Waals surface area contributed by atoms with Gasteiger partial charge in [-0.15, -0.1) is 21.5 Å². The molecule has 0 bridgehead atoms. The minimum absolute atomic E-state index is 0.0961. The van der Waals surface area contributed by atoms with Crippen molar-refractivity contribution >= 4 is 43.8 Å². The van der Waals surface area contributed by atoms with E-state index in [0.29, 0.717) is 43.1 Å². The van der Waals surface area contributed by atoms with E-state index in [2.05, 4.69) is 21.2 Å². The summed E-state index contributed by atoms with van der Waals surface area (Å²) in [5.74, 6) is 0.623. The van der Waals surface area contributed by atoms with Gasteiger partial charge >= 0.3 is 0 Å². The van der Waals surface area contributed by atoms with E-state index in [-0.39, 0.29) is 5.91 Å². The molecule has 0 aliphatic carbocycles. The lowest BCUT2D eigenvalue weighted by Crippen LogP contribution is -2.50. The fourth-order valence-corrected chi connectivity index (χ4v) is 6.23. The van der Waals surface area contributed by atoms with Gasteiger partial charge in [-0.1, -0.05) is 12.1 Å². The molecular weight excluding hydrogens is 510 g/mol. The average Bonchev–Trinajstić information content (AvgIpc) is 3.55. The molecule has 5 heterocycles. The van der Waals surface area contributed by atoms with Gasteiger partial charge in [-0.2, -0.15) is 13.9 Å². The Bertz CT molecular complexity index is 1740. The van der Waals surface area contributed by atoms with Crippen LogP contribution >= 0.6 is 11.3 Å². The number of aromatic nitrogens is 5. The molecule has 0 unspecified atom stereocenters. The molecule has 0 N–H and O–H groups in total. The Kier molecular flexibility index (Phi) is 5.94. The number of hydrogen-bond donors (Lipinski definition) is 0. The highest BCUT2D eigenvalue weighted by Gasteiger charge is 2.27. The molecular formula is C25H23N7O3S2. The Labute approximate surface area is 217 Å². The molecule has 1 fully saturated rings. The van der Waals surface area contributed by atoms with E-state index in [1.165, 1.54) is 21.9 Å². The summed E-state index contributed by atoms with van der Waals surface area (Å²) in [4.78, 5) is 20.6. The first kappa shape index (κ1) is 23.6. The van der Waals surface area contributed by atoms with Crippen molar-refractivity contribution in [3.63, 3.8) is 0 Å². The lowest BCUT2D eigenvalue weighted by atomic mass is 10.1. The second kappa shape index (κ2) is 9.29. The highest BCUT2D eigenvalue weighted by Crippen LogP contribution is 2.28. The van der Waals surface area contributed by atoms with Gasteiger partial charge in [0.2, 0.25) is 10.0 Å². The van der Waals surface area contributed by atoms with Gasteiger partial charge in [0.1, 0.15) is 5.69 Å². The van der Waals surface area contributed by atoms with Crippen molar-refractivity contribution in [3.8, 4) is 10.6 Å². The van der Waals surface area contributed by atoms with Gasteiger partial charge in [-0.25, -0.2) is 8.42 Å². The average molecular weight is 534 g/mol. The molecule has 12 heteroatoms. The third kappa shape index (κ3) is 4.70. The maximum absolute atomic E-state index is 13.0. The lowest BCUT2D eigenvalue weighted by molar-refractivity contribution is 0.0703. The van der Waals surface area contributed by atoms with E-state index in [1.54, 1.807) is 21.7 Å². The summed E-state index contributed by atoms with van der Waals surface area (Å²) in [5.41, 5.74) is 3.40. The molecule has 5 aromatic rings. The quantitative estimate of drug-likeness (QED) is 0.341. The minimum atomic E-state index is -3.24. The van der Waals surface area contributed by atoms with Crippen LogP contribution in [0.1, 0.15) is 21.1 Å². The predicted molar refractivity (Wildman–Crippen MR) is 141 cm³/mol. The molecule has 188 valence electrons. The van der Waals surface area contributed by atoms with E-state index in [0.717, 1.165) is 32.9 Å². The zero-order valence-corrected chi connectivity index (χ0v) is 21.6. The molecule has 1 amide bonds. The molecule has 0 saturated carbocycles.